The van der Waals surface area contributed by atoms with Crippen molar-refractivity contribution in [3.05, 3.63) is 88.4 Å². The number of nitrogens with one attached hydrogen (secondary N) is 2. The van der Waals surface area contributed by atoms with Crippen LogP contribution in [0, 0.1) is 5.92 Å². The average molecular weight is 608 g/mol. The van der Waals surface area contributed by atoms with E-state index >= 15 is 0 Å². The summed E-state index contributed by atoms with van der Waals surface area (Å²) in [6.07, 6.45) is -0.0286. The lowest BCUT2D eigenvalue weighted by Crippen LogP contribution is -2.43. The molecule has 1 aliphatic heterocycles. The second-order valence-corrected chi connectivity index (χ2v) is 11.3. The molecule has 9 nitrogen and oxygen atoms in total. The number of hydrazine groups is 1. The molecule has 0 unspecified atom stereocenters. The standard InChI is InChI=1S/C30H30BrN3O6/c1-30(2,3)21-6-12-24(13-7-21)40-25-14-10-23(11-15-25)34-17-20(16-27(34)36)29(38)39-18-26(35)32-33-28(37)19-4-8-22(31)9-5-19/h4-15,20H,16-18H2,1-3H3,(H,32,35)(H,33,37)/t20-/m0/s1. The van der Waals surface area contributed by atoms with Gasteiger partial charge in [0, 0.05) is 28.7 Å². The third-order valence-electron chi connectivity index (χ3n) is 6.33. The normalized spacial score (nSPS) is 14.9. The van der Waals surface area contributed by atoms with Crippen molar-refractivity contribution in [2.45, 2.75) is 32.6 Å². The van der Waals surface area contributed by atoms with Crippen molar-refractivity contribution in [1.29, 1.82) is 0 Å². The minimum absolute atomic E-state index is 0.0286. The molecule has 208 valence electrons. The van der Waals surface area contributed by atoms with E-state index in [1.165, 1.54) is 10.5 Å². The van der Waals surface area contributed by atoms with Crippen molar-refractivity contribution >= 4 is 45.3 Å². The topological polar surface area (TPSA) is 114 Å². The fraction of sp³-hybridized carbons (Fsp3) is 0.267. The van der Waals surface area contributed by atoms with Gasteiger partial charge in [-0.05, 0) is 71.6 Å². The van der Waals surface area contributed by atoms with Gasteiger partial charge in [-0.15, -0.1) is 0 Å². The number of carbonyl (C=O) groups is 4. The fourth-order valence-electron chi connectivity index (χ4n) is 4.06. The number of nitrogens with zero attached hydrogens (tertiary/aromatic N) is 1. The van der Waals surface area contributed by atoms with Gasteiger partial charge in [-0.25, -0.2) is 0 Å². The Labute approximate surface area is 240 Å². The molecule has 3 aromatic rings. The Bertz CT molecular complexity index is 1380. The molecular formula is C30H30BrN3O6. The van der Waals surface area contributed by atoms with Crippen molar-refractivity contribution < 1.29 is 28.7 Å². The third kappa shape index (κ3) is 7.47. The van der Waals surface area contributed by atoms with Crippen LogP contribution in [-0.4, -0.2) is 36.8 Å². The van der Waals surface area contributed by atoms with Gasteiger partial charge in [-0.3, -0.25) is 30.0 Å². The number of halogens is 1. The number of ether oxygens (including phenoxy) is 2. The quantitative estimate of drug-likeness (QED) is 0.292. The second kappa shape index (κ2) is 12.3. The summed E-state index contributed by atoms with van der Waals surface area (Å²) in [5, 5.41) is 0. The summed E-state index contributed by atoms with van der Waals surface area (Å²) in [6.45, 7) is 5.99. The number of rotatable bonds is 7. The maximum Gasteiger partial charge on any atom is 0.311 e. The number of hydrogen-bond acceptors (Lipinski definition) is 6. The van der Waals surface area contributed by atoms with E-state index in [-0.39, 0.29) is 24.3 Å². The summed E-state index contributed by atoms with van der Waals surface area (Å²) < 4.78 is 11.8. The van der Waals surface area contributed by atoms with Gasteiger partial charge in [0.05, 0.1) is 5.92 Å². The Morgan fingerprint density at radius 1 is 0.900 bits per heavy atom. The molecule has 10 heteroatoms. The van der Waals surface area contributed by atoms with E-state index in [1.54, 1.807) is 48.5 Å². The zero-order chi connectivity index (χ0) is 28.9. The van der Waals surface area contributed by atoms with Gasteiger partial charge in [0.25, 0.3) is 11.8 Å². The lowest BCUT2D eigenvalue weighted by atomic mass is 9.87. The molecule has 1 aliphatic rings. The van der Waals surface area contributed by atoms with Crippen LogP contribution in [-0.2, 0) is 24.5 Å². The molecule has 0 spiro atoms. The van der Waals surface area contributed by atoms with E-state index in [0.29, 0.717) is 22.7 Å². The first-order valence-corrected chi connectivity index (χ1v) is 13.5. The number of benzene rings is 3. The molecule has 2 N–H and O–H groups in total. The van der Waals surface area contributed by atoms with Crippen molar-refractivity contribution in [3.8, 4) is 11.5 Å². The van der Waals surface area contributed by atoms with E-state index in [4.69, 9.17) is 9.47 Å². The van der Waals surface area contributed by atoms with Gasteiger partial charge in [0.15, 0.2) is 6.61 Å². The Hall–Kier alpha value is -4.18. The van der Waals surface area contributed by atoms with Crippen LogP contribution in [0.1, 0.15) is 43.1 Å². The molecule has 1 atom stereocenters. The van der Waals surface area contributed by atoms with Gasteiger partial charge in [-0.2, -0.15) is 0 Å². The van der Waals surface area contributed by atoms with Crippen molar-refractivity contribution in [1.82, 2.24) is 10.9 Å². The summed E-state index contributed by atoms with van der Waals surface area (Å²) in [4.78, 5) is 50.7. The van der Waals surface area contributed by atoms with Crippen LogP contribution in [0.2, 0.25) is 0 Å². The number of amides is 3. The SMILES string of the molecule is CC(C)(C)c1ccc(Oc2ccc(N3C[C@@H](C(=O)OCC(=O)NNC(=O)c4ccc(Br)cc4)CC3=O)cc2)cc1. The summed E-state index contributed by atoms with van der Waals surface area (Å²) in [7, 11) is 0. The predicted octanol–water partition coefficient (Wildman–Crippen LogP) is 4.90. The molecule has 0 aromatic heterocycles. The number of esters is 1. The van der Waals surface area contributed by atoms with Gasteiger partial charge < -0.3 is 14.4 Å². The highest BCUT2D eigenvalue weighted by atomic mass is 79.9. The van der Waals surface area contributed by atoms with Crippen LogP contribution in [0.25, 0.3) is 0 Å². The van der Waals surface area contributed by atoms with Crippen LogP contribution in [0.3, 0.4) is 0 Å². The largest absolute Gasteiger partial charge is 0.457 e. The molecule has 1 fully saturated rings. The summed E-state index contributed by atoms with van der Waals surface area (Å²) in [5.41, 5.74) is 6.69. The maximum atomic E-state index is 12.6. The zero-order valence-corrected chi connectivity index (χ0v) is 24.0. The molecule has 1 saturated heterocycles. The third-order valence-corrected chi connectivity index (χ3v) is 6.86. The Morgan fingerprint density at radius 2 is 1.50 bits per heavy atom. The zero-order valence-electron chi connectivity index (χ0n) is 22.4. The lowest BCUT2D eigenvalue weighted by Gasteiger charge is -2.19. The van der Waals surface area contributed by atoms with Gasteiger partial charge in [0.1, 0.15) is 11.5 Å². The minimum atomic E-state index is -0.713. The molecule has 40 heavy (non-hydrogen) atoms. The van der Waals surface area contributed by atoms with Crippen molar-refractivity contribution in [2.24, 2.45) is 5.92 Å². The molecular weight excluding hydrogens is 578 g/mol. The average Bonchev–Trinajstić information content (AvgIpc) is 3.32. The molecule has 3 aromatic carbocycles. The van der Waals surface area contributed by atoms with Crippen LogP contribution in [0.15, 0.2) is 77.3 Å². The summed E-state index contributed by atoms with van der Waals surface area (Å²) >= 11 is 3.28. The highest BCUT2D eigenvalue weighted by Gasteiger charge is 2.36. The Morgan fingerprint density at radius 3 is 2.10 bits per heavy atom. The van der Waals surface area contributed by atoms with E-state index in [9.17, 15) is 19.2 Å². The van der Waals surface area contributed by atoms with Crippen molar-refractivity contribution in [3.63, 3.8) is 0 Å². The number of anilines is 1. The van der Waals surface area contributed by atoms with Crippen LogP contribution >= 0.6 is 15.9 Å². The van der Waals surface area contributed by atoms with Gasteiger partial charge in [-0.1, -0.05) is 48.8 Å². The molecule has 3 amide bonds. The van der Waals surface area contributed by atoms with E-state index in [0.717, 1.165) is 4.47 Å². The van der Waals surface area contributed by atoms with Crippen LogP contribution < -0.4 is 20.5 Å². The minimum Gasteiger partial charge on any atom is -0.457 e. The van der Waals surface area contributed by atoms with Gasteiger partial charge >= 0.3 is 5.97 Å². The fourth-order valence-corrected chi connectivity index (χ4v) is 4.32. The number of hydrogen-bond donors (Lipinski definition) is 2. The molecule has 1 heterocycles. The van der Waals surface area contributed by atoms with E-state index in [2.05, 4.69) is 47.6 Å². The maximum absolute atomic E-state index is 12.6. The van der Waals surface area contributed by atoms with Gasteiger partial charge in [0.2, 0.25) is 5.91 Å². The van der Waals surface area contributed by atoms with E-state index in [1.807, 2.05) is 24.3 Å². The first-order valence-electron chi connectivity index (χ1n) is 12.7. The van der Waals surface area contributed by atoms with Crippen molar-refractivity contribution in [2.75, 3.05) is 18.1 Å². The second-order valence-electron chi connectivity index (χ2n) is 10.4. The monoisotopic (exact) mass is 607 g/mol. The Balaban J connectivity index is 1.24. The summed E-state index contributed by atoms with van der Waals surface area (Å²) in [6, 6.07) is 21.5. The summed E-state index contributed by atoms with van der Waals surface area (Å²) in [5.74, 6) is -1.49. The molecule has 0 saturated carbocycles. The Kier molecular flexibility index (Phi) is 8.89. The smallest absolute Gasteiger partial charge is 0.311 e. The molecule has 4 rings (SSSR count). The first-order chi connectivity index (χ1) is 19.0. The highest BCUT2D eigenvalue weighted by Crippen LogP contribution is 2.30. The van der Waals surface area contributed by atoms with Crippen LogP contribution in [0.5, 0.6) is 11.5 Å². The van der Waals surface area contributed by atoms with E-state index < -0.39 is 30.3 Å². The highest BCUT2D eigenvalue weighted by molar-refractivity contribution is 9.10. The lowest BCUT2D eigenvalue weighted by molar-refractivity contribution is -0.152. The molecule has 0 aliphatic carbocycles. The molecule has 0 radical (unpaired) electrons. The first kappa shape index (κ1) is 28.8. The molecule has 0 bridgehead atoms. The predicted molar refractivity (Wildman–Crippen MR) is 153 cm³/mol. The number of carbonyl (C=O) groups excluding carboxylic acids is 4. The van der Waals surface area contributed by atoms with Crippen LogP contribution in [0.4, 0.5) is 5.69 Å².